The molecule has 1 atom stereocenters. The van der Waals surface area contributed by atoms with Gasteiger partial charge < -0.3 is 5.32 Å². The van der Waals surface area contributed by atoms with Crippen LogP contribution in [0.5, 0.6) is 0 Å². The van der Waals surface area contributed by atoms with Gasteiger partial charge in [0.15, 0.2) is 0 Å². The summed E-state index contributed by atoms with van der Waals surface area (Å²) in [6.45, 7) is 0. The number of hydrogen-bond acceptors (Lipinski definition) is 4. The van der Waals surface area contributed by atoms with Crippen molar-refractivity contribution in [2.24, 2.45) is 5.92 Å². The highest BCUT2D eigenvalue weighted by molar-refractivity contribution is 5.76. The van der Waals surface area contributed by atoms with Crippen molar-refractivity contribution in [2.75, 3.05) is 0 Å². The molecule has 1 unspecified atom stereocenters. The summed E-state index contributed by atoms with van der Waals surface area (Å²) < 4.78 is 0. The lowest BCUT2D eigenvalue weighted by Crippen LogP contribution is -2.38. The molecule has 0 saturated heterocycles. The van der Waals surface area contributed by atoms with E-state index in [9.17, 15) is 4.79 Å². The van der Waals surface area contributed by atoms with Gasteiger partial charge in [-0.15, -0.1) is 10.2 Å². The molecule has 0 aliphatic heterocycles. The smallest absolute Gasteiger partial charge is 0.220 e. The van der Waals surface area contributed by atoms with Gasteiger partial charge in [0.25, 0.3) is 0 Å². The van der Waals surface area contributed by atoms with Gasteiger partial charge in [0.05, 0.1) is 6.04 Å². The number of rotatable bonds is 5. The molecule has 1 aromatic heterocycles. The molecule has 0 radical (unpaired) electrons. The Morgan fingerprint density at radius 2 is 1.92 bits per heavy atom. The average molecular weight is 351 g/mol. The van der Waals surface area contributed by atoms with E-state index in [1.54, 1.807) is 4.80 Å². The molecule has 2 aliphatic rings. The number of hydrogen-bond donors (Lipinski definition) is 1. The molecule has 6 heteroatoms. The first-order valence-electron chi connectivity index (χ1n) is 9.59. The van der Waals surface area contributed by atoms with Crippen molar-refractivity contribution in [2.45, 2.75) is 57.0 Å². The normalized spacial score (nSPS) is 25.3. The molecule has 0 spiro atoms. The van der Waals surface area contributed by atoms with Gasteiger partial charge in [-0.25, -0.2) is 0 Å². The maximum absolute atomic E-state index is 12.2. The highest BCUT2D eigenvalue weighted by Gasteiger charge is 2.26. The largest absolute Gasteiger partial charge is 0.353 e. The minimum absolute atomic E-state index is 0.190. The zero-order valence-electron chi connectivity index (χ0n) is 14.9. The van der Waals surface area contributed by atoms with E-state index in [-0.39, 0.29) is 18.0 Å². The molecular formula is C20H25N5O. The van der Waals surface area contributed by atoms with Crippen LogP contribution in [0.25, 0.3) is 11.4 Å². The molecule has 1 aromatic carbocycles. The Morgan fingerprint density at radius 1 is 1.12 bits per heavy atom. The van der Waals surface area contributed by atoms with Gasteiger partial charge in [-0.3, -0.25) is 4.79 Å². The van der Waals surface area contributed by atoms with E-state index in [2.05, 4.69) is 32.9 Å². The molecule has 4 rings (SSSR count). The Labute approximate surface area is 153 Å². The van der Waals surface area contributed by atoms with E-state index >= 15 is 0 Å². The second kappa shape index (κ2) is 7.81. The summed E-state index contributed by atoms with van der Waals surface area (Å²) in [4.78, 5) is 13.9. The lowest BCUT2D eigenvalue weighted by atomic mass is 9.91. The first-order chi connectivity index (χ1) is 12.8. The summed E-state index contributed by atoms with van der Waals surface area (Å²) in [5, 5.41) is 16.2. The number of nitrogens with zero attached hydrogens (tertiary/aromatic N) is 4. The SMILES string of the molecule is O=C(CC1C=CCC1)NC1CCC(n2nnc(-c3ccccc3)n2)CC1. The van der Waals surface area contributed by atoms with Crippen molar-refractivity contribution in [1.82, 2.24) is 25.5 Å². The second-order valence-electron chi connectivity index (χ2n) is 7.34. The molecule has 0 bridgehead atoms. The molecule has 1 amide bonds. The summed E-state index contributed by atoms with van der Waals surface area (Å²) in [5.41, 5.74) is 0.987. The Kier molecular flexibility index (Phi) is 5.09. The number of benzene rings is 1. The molecule has 2 aliphatic carbocycles. The first kappa shape index (κ1) is 16.9. The number of tetrazole rings is 1. The molecule has 136 valence electrons. The quantitative estimate of drug-likeness (QED) is 0.839. The van der Waals surface area contributed by atoms with Crippen LogP contribution in [-0.4, -0.2) is 32.2 Å². The van der Waals surface area contributed by atoms with Crippen LogP contribution in [0.1, 0.15) is 51.0 Å². The topological polar surface area (TPSA) is 72.7 Å². The van der Waals surface area contributed by atoms with Crippen LogP contribution in [0, 0.1) is 5.92 Å². The van der Waals surface area contributed by atoms with E-state index in [4.69, 9.17) is 0 Å². The van der Waals surface area contributed by atoms with Crippen LogP contribution < -0.4 is 5.32 Å². The van der Waals surface area contributed by atoms with Gasteiger partial charge >= 0.3 is 0 Å². The van der Waals surface area contributed by atoms with E-state index in [0.717, 1.165) is 44.1 Å². The lowest BCUT2D eigenvalue weighted by molar-refractivity contribution is -0.122. The highest BCUT2D eigenvalue weighted by atomic mass is 16.1. The number of nitrogens with one attached hydrogen (secondary N) is 1. The fraction of sp³-hybridized carbons (Fsp3) is 0.500. The summed E-state index contributed by atoms with van der Waals surface area (Å²) in [6.07, 6.45) is 11.1. The molecule has 26 heavy (non-hydrogen) atoms. The van der Waals surface area contributed by atoms with Crippen molar-refractivity contribution in [1.29, 1.82) is 0 Å². The third-order valence-corrected chi connectivity index (χ3v) is 5.41. The van der Waals surface area contributed by atoms with Crippen molar-refractivity contribution in [3.05, 3.63) is 42.5 Å². The van der Waals surface area contributed by atoms with Gasteiger partial charge in [0, 0.05) is 18.0 Å². The van der Waals surface area contributed by atoms with Crippen LogP contribution in [0.4, 0.5) is 0 Å². The first-order valence-corrected chi connectivity index (χ1v) is 9.59. The molecule has 1 heterocycles. The molecule has 2 aromatic rings. The maximum atomic E-state index is 12.2. The van der Waals surface area contributed by atoms with Crippen LogP contribution in [-0.2, 0) is 4.79 Å². The monoisotopic (exact) mass is 351 g/mol. The molecule has 1 fully saturated rings. The second-order valence-corrected chi connectivity index (χ2v) is 7.34. The minimum Gasteiger partial charge on any atom is -0.353 e. The summed E-state index contributed by atoms with van der Waals surface area (Å²) >= 11 is 0. The maximum Gasteiger partial charge on any atom is 0.220 e. The average Bonchev–Trinajstić information content (AvgIpc) is 3.35. The fourth-order valence-corrected chi connectivity index (χ4v) is 3.92. The number of carbonyl (C=O) groups is 1. The van der Waals surface area contributed by atoms with Crippen LogP contribution in [0.3, 0.4) is 0 Å². The Hall–Kier alpha value is -2.50. The van der Waals surface area contributed by atoms with Crippen LogP contribution in [0.15, 0.2) is 42.5 Å². The molecule has 6 nitrogen and oxygen atoms in total. The Morgan fingerprint density at radius 3 is 2.65 bits per heavy atom. The van der Waals surface area contributed by atoms with Crippen molar-refractivity contribution in [3.8, 4) is 11.4 Å². The van der Waals surface area contributed by atoms with Gasteiger partial charge in [0.2, 0.25) is 11.7 Å². The highest BCUT2D eigenvalue weighted by Crippen LogP contribution is 2.28. The van der Waals surface area contributed by atoms with Gasteiger partial charge in [-0.2, -0.15) is 4.80 Å². The summed E-state index contributed by atoms with van der Waals surface area (Å²) in [6, 6.07) is 10.5. The fourth-order valence-electron chi connectivity index (χ4n) is 3.92. The molecule has 1 N–H and O–H groups in total. The molecular weight excluding hydrogens is 326 g/mol. The van der Waals surface area contributed by atoms with Crippen molar-refractivity contribution < 1.29 is 4.79 Å². The van der Waals surface area contributed by atoms with E-state index < -0.39 is 0 Å². The third kappa shape index (κ3) is 4.00. The van der Waals surface area contributed by atoms with Gasteiger partial charge in [-0.05, 0) is 49.7 Å². The summed E-state index contributed by atoms with van der Waals surface area (Å²) in [7, 11) is 0. The van der Waals surface area contributed by atoms with Crippen LogP contribution >= 0.6 is 0 Å². The summed E-state index contributed by atoms with van der Waals surface area (Å²) in [5.74, 6) is 1.29. The Bertz CT molecular complexity index is 762. The zero-order chi connectivity index (χ0) is 17.8. The third-order valence-electron chi connectivity index (χ3n) is 5.41. The van der Waals surface area contributed by atoms with Gasteiger partial charge in [0.1, 0.15) is 0 Å². The number of amides is 1. The zero-order valence-corrected chi connectivity index (χ0v) is 14.9. The molecule has 1 saturated carbocycles. The Balaban J connectivity index is 1.28. The van der Waals surface area contributed by atoms with E-state index in [1.807, 2.05) is 30.3 Å². The predicted octanol–water partition coefficient (Wildman–Crippen LogP) is 3.30. The number of carbonyl (C=O) groups excluding carboxylic acids is 1. The van der Waals surface area contributed by atoms with Crippen molar-refractivity contribution in [3.63, 3.8) is 0 Å². The predicted molar refractivity (Wildman–Crippen MR) is 99.2 cm³/mol. The van der Waals surface area contributed by atoms with E-state index in [0.29, 0.717) is 18.2 Å². The standard InChI is InChI=1S/C20H25N5O/c26-19(14-15-6-4-5-7-15)21-17-10-12-18(13-11-17)25-23-20(22-24-25)16-8-2-1-3-9-16/h1-4,6,8-9,15,17-18H,5,7,10-14H2,(H,21,26). The minimum atomic E-state index is 0.190. The van der Waals surface area contributed by atoms with Gasteiger partial charge in [-0.1, -0.05) is 42.5 Å². The van der Waals surface area contributed by atoms with Crippen molar-refractivity contribution >= 4 is 5.91 Å². The van der Waals surface area contributed by atoms with E-state index in [1.165, 1.54) is 0 Å². The number of aromatic nitrogens is 4. The van der Waals surface area contributed by atoms with Crippen LogP contribution in [0.2, 0.25) is 0 Å². The lowest BCUT2D eigenvalue weighted by Gasteiger charge is -2.28. The number of allylic oxidation sites excluding steroid dienone is 2.